The van der Waals surface area contributed by atoms with Gasteiger partial charge in [-0.15, -0.1) is 0 Å². The molecule has 98 valence electrons. The fraction of sp³-hybridized carbons (Fsp3) is 0.385. The SMILES string of the molecule is CC(O)c1cn(CCCO)c2c(Cl)c(Cl)ccc12. The van der Waals surface area contributed by atoms with E-state index >= 15 is 0 Å². The molecule has 0 aliphatic rings. The summed E-state index contributed by atoms with van der Waals surface area (Å²) in [6.07, 6.45) is 1.93. The molecule has 0 amide bonds. The lowest BCUT2D eigenvalue weighted by atomic mass is 10.1. The third-order valence-corrected chi connectivity index (χ3v) is 3.76. The zero-order chi connectivity index (χ0) is 13.3. The van der Waals surface area contributed by atoms with Gasteiger partial charge >= 0.3 is 0 Å². The van der Waals surface area contributed by atoms with Gasteiger partial charge in [0.1, 0.15) is 0 Å². The summed E-state index contributed by atoms with van der Waals surface area (Å²) < 4.78 is 1.93. The Bertz CT molecular complexity index is 564. The first-order chi connectivity index (χ1) is 8.56. The normalized spacial score (nSPS) is 13.2. The van der Waals surface area contributed by atoms with Crippen LogP contribution in [0, 0.1) is 0 Å². The van der Waals surface area contributed by atoms with E-state index in [9.17, 15) is 5.11 Å². The summed E-state index contributed by atoms with van der Waals surface area (Å²) in [7, 11) is 0. The Morgan fingerprint density at radius 1 is 1.33 bits per heavy atom. The second kappa shape index (κ2) is 5.49. The van der Waals surface area contributed by atoms with E-state index in [0.717, 1.165) is 16.5 Å². The molecule has 2 aromatic rings. The van der Waals surface area contributed by atoms with Crippen molar-refractivity contribution in [2.75, 3.05) is 6.61 Å². The number of aromatic nitrogens is 1. The van der Waals surface area contributed by atoms with Gasteiger partial charge in [-0.25, -0.2) is 0 Å². The lowest BCUT2D eigenvalue weighted by Gasteiger charge is -2.06. The zero-order valence-electron chi connectivity index (χ0n) is 10.0. The van der Waals surface area contributed by atoms with Crippen LogP contribution in [0.4, 0.5) is 0 Å². The molecule has 5 heteroatoms. The number of benzene rings is 1. The molecule has 0 bridgehead atoms. The quantitative estimate of drug-likeness (QED) is 0.906. The first-order valence-electron chi connectivity index (χ1n) is 5.82. The third-order valence-electron chi connectivity index (χ3n) is 2.97. The molecular formula is C13H15Cl2NO2. The van der Waals surface area contributed by atoms with Crippen molar-refractivity contribution in [3.63, 3.8) is 0 Å². The Morgan fingerprint density at radius 3 is 2.67 bits per heavy atom. The van der Waals surface area contributed by atoms with Crippen LogP contribution in [-0.2, 0) is 6.54 Å². The molecular weight excluding hydrogens is 273 g/mol. The average molecular weight is 288 g/mol. The van der Waals surface area contributed by atoms with Gasteiger partial charge in [0.05, 0.1) is 21.7 Å². The van der Waals surface area contributed by atoms with Gasteiger partial charge in [0.2, 0.25) is 0 Å². The predicted molar refractivity (Wildman–Crippen MR) is 74.3 cm³/mol. The van der Waals surface area contributed by atoms with Gasteiger partial charge in [-0.1, -0.05) is 29.3 Å². The molecule has 0 radical (unpaired) electrons. The zero-order valence-corrected chi connectivity index (χ0v) is 11.5. The first kappa shape index (κ1) is 13.7. The Balaban J connectivity index is 2.65. The van der Waals surface area contributed by atoms with Crippen LogP contribution >= 0.6 is 23.2 Å². The average Bonchev–Trinajstić information content (AvgIpc) is 2.71. The van der Waals surface area contributed by atoms with E-state index < -0.39 is 6.10 Å². The molecule has 0 saturated carbocycles. The molecule has 2 N–H and O–H groups in total. The van der Waals surface area contributed by atoms with Gasteiger partial charge in [-0.2, -0.15) is 0 Å². The highest BCUT2D eigenvalue weighted by Gasteiger charge is 2.16. The molecule has 18 heavy (non-hydrogen) atoms. The van der Waals surface area contributed by atoms with Crippen molar-refractivity contribution < 1.29 is 10.2 Å². The highest BCUT2D eigenvalue weighted by Crippen LogP contribution is 2.35. The minimum atomic E-state index is -0.569. The number of aliphatic hydroxyl groups is 2. The Hall–Kier alpha value is -0.740. The molecule has 0 aliphatic carbocycles. The number of halogens is 2. The number of hydrogen-bond acceptors (Lipinski definition) is 2. The standard InChI is InChI=1S/C13H15Cl2NO2/c1-8(18)10-7-16(5-2-6-17)13-9(10)3-4-11(14)12(13)15/h3-4,7-8,17-18H,2,5-6H2,1H3. The number of rotatable bonds is 4. The van der Waals surface area contributed by atoms with Crippen LogP contribution in [-0.4, -0.2) is 21.4 Å². The van der Waals surface area contributed by atoms with Crippen LogP contribution in [0.1, 0.15) is 25.0 Å². The van der Waals surface area contributed by atoms with E-state index in [0.29, 0.717) is 23.0 Å². The lowest BCUT2D eigenvalue weighted by molar-refractivity contribution is 0.200. The molecule has 1 heterocycles. The van der Waals surface area contributed by atoms with Crippen LogP contribution in [0.15, 0.2) is 18.3 Å². The molecule has 0 saturated heterocycles. The maximum Gasteiger partial charge on any atom is 0.0835 e. The van der Waals surface area contributed by atoms with E-state index in [1.807, 2.05) is 16.8 Å². The van der Waals surface area contributed by atoms with Crippen LogP contribution in [0.25, 0.3) is 10.9 Å². The Morgan fingerprint density at radius 2 is 2.06 bits per heavy atom. The molecule has 3 nitrogen and oxygen atoms in total. The summed E-state index contributed by atoms with van der Waals surface area (Å²) >= 11 is 12.3. The van der Waals surface area contributed by atoms with E-state index in [1.165, 1.54) is 0 Å². The van der Waals surface area contributed by atoms with Gasteiger partial charge in [0.15, 0.2) is 0 Å². The Kier molecular flexibility index (Phi) is 4.17. The number of fused-ring (bicyclic) bond motifs is 1. The molecule has 0 spiro atoms. The molecule has 0 fully saturated rings. The van der Waals surface area contributed by atoms with E-state index in [-0.39, 0.29) is 6.61 Å². The van der Waals surface area contributed by atoms with E-state index in [1.54, 1.807) is 13.0 Å². The van der Waals surface area contributed by atoms with Crippen molar-refractivity contribution >= 4 is 34.1 Å². The van der Waals surface area contributed by atoms with Crippen LogP contribution in [0.2, 0.25) is 10.0 Å². The van der Waals surface area contributed by atoms with E-state index in [4.69, 9.17) is 28.3 Å². The van der Waals surface area contributed by atoms with Crippen LogP contribution in [0.3, 0.4) is 0 Å². The highest BCUT2D eigenvalue weighted by molar-refractivity contribution is 6.45. The van der Waals surface area contributed by atoms with Crippen molar-refractivity contribution in [1.82, 2.24) is 4.57 Å². The molecule has 0 aliphatic heterocycles. The summed E-state index contributed by atoms with van der Waals surface area (Å²) in [4.78, 5) is 0. The maximum absolute atomic E-state index is 9.78. The number of hydrogen-bond donors (Lipinski definition) is 2. The van der Waals surface area contributed by atoms with Crippen molar-refractivity contribution in [3.05, 3.63) is 33.9 Å². The van der Waals surface area contributed by atoms with Gasteiger partial charge < -0.3 is 14.8 Å². The fourth-order valence-electron chi connectivity index (χ4n) is 2.11. The monoisotopic (exact) mass is 287 g/mol. The number of aryl methyl sites for hydroxylation is 1. The van der Waals surface area contributed by atoms with Crippen molar-refractivity contribution in [2.24, 2.45) is 0 Å². The molecule has 1 unspecified atom stereocenters. The second-order valence-electron chi connectivity index (χ2n) is 4.29. The minimum Gasteiger partial charge on any atom is -0.396 e. The summed E-state index contributed by atoms with van der Waals surface area (Å²) in [5, 5.41) is 20.6. The fourth-order valence-corrected chi connectivity index (χ4v) is 2.53. The molecule has 2 rings (SSSR count). The van der Waals surface area contributed by atoms with Crippen molar-refractivity contribution in [3.8, 4) is 0 Å². The molecule has 1 atom stereocenters. The number of aliphatic hydroxyl groups excluding tert-OH is 2. The Labute approximate surface area is 116 Å². The summed E-state index contributed by atoms with van der Waals surface area (Å²) in [5.74, 6) is 0. The predicted octanol–water partition coefficient (Wildman–Crippen LogP) is 3.38. The summed E-state index contributed by atoms with van der Waals surface area (Å²) in [6, 6.07) is 3.59. The molecule has 1 aromatic carbocycles. The smallest absolute Gasteiger partial charge is 0.0835 e. The molecule has 1 aromatic heterocycles. The lowest BCUT2D eigenvalue weighted by Crippen LogP contribution is -1.99. The van der Waals surface area contributed by atoms with E-state index in [2.05, 4.69) is 0 Å². The summed E-state index contributed by atoms with van der Waals surface area (Å²) in [5.41, 5.74) is 1.63. The van der Waals surface area contributed by atoms with Crippen LogP contribution < -0.4 is 0 Å². The topological polar surface area (TPSA) is 45.4 Å². The third kappa shape index (κ3) is 2.36. The van der Waals surface area contributed by atoms with Crippen molar-refractivity contribution in [2.45, 2.75) is 26.0 Å². The van der Waals surface area contributed by atoms with Gasteiger partial charge in [-0.05, 0) is 19.4 Å². The minimum absolute atomic E-state index is 0.113. The van der Waals surface area contributed by atoms with Crippen molar-refractivity contribution in [1.29, 1.82) is 0 Å². The first-order valence-corrected chi connectivity index (χ1v) is 6.57. The highest BCUT2D eigenvalue weighted by atomic mass is 35.5. The number of nitrogens with zero attached hydrogens (tertiary/aromatic N) is 1. The van der Waals surface area contributed by atoms with Gasteiger partial charge in [-0.3, -0.25) is 0 Å². The second-order valence-corrected chi connectivity index (χ2v) is 5.07. The van der Waals surface area contributed by atoms with Gasteiger partial charge in [0.25, 0.3) is 0 Å². The summed E-state index contributed by atoms with van der Waals surface area (Å²) in [6.45, 7) is 2.47. The van der Waals surface area contributed by atoms with Gasteiger partial charge in [0, 0.05) is 30.3 Å². The maximum atomic E-state index is 9.78. The van der Waals surface area contributed by atoms with Crippen LogP contribution in [0.5, 0.6) is 0 Å². The largest absolute Gasteiger partial charge is 0.396 e.